The highest BCUT2D eigenvalue weighted by molar-refractivity contribution is 9.10. The van der Waals surface area contributed by atoms with E-state index in [0.717, 1.165) is 15.2 Å². The van der Waals surface area contributed by atoms with Gasteiger partial charge in [0.05, 0.1) is 6.10 Å². The third kappa shape index (κ3) is 3.94. The van der Waals surface area contributed by atoms with E-state index in [9.17, 15) is 18.3 Å². The lowest BCUT2D eigenvalue weighted by molar-refractivity contribution is -0.140. The number of hydrogen-bond acceptors (Lipinski definition) is 1. The summed E-state index contributed by atoms with van der Waals surface area (Å²) in [6.45, 7) is 0. The fourth-order valence-corrected chi connectivity index (χ4v) is 2.29. The van der Waals surface area contributed by atoms with Crippen LogP contribution in [0.25, 0.3) is 10.8 Å². The van der Waals surface area contributed by atoms with Crippen molar-refractivity contribution in [2.24, 2.45) is 0 Å². The molecule has 1 N–H and O–H groups in total. The Bertz CT molecular complexity index is 580. The molecule has 2 aromatic rings. The van der Waals surface area contributed by atoms with E-state index in [1.165, 1.54) is 0 Å². The van der Waals surface area contributed by atoms with E-state index < -0.39 is 18.7 Å². The Labute approximate surface area is 117 Å². The van der Waals surface area contributed by atoms with Crippen LogP contribution in [0.15, 0.2) is 40.9 Å². The average Bonchev–Trinajstić information content (AvgIpc) is 2.34. The first-order chi connectivity index (χ1) is 8.85. The molecule has 0 aliphatic rings. The summed E-state index contributed by atoms with van der Waals surface area (Å²) in [6.07, 6.45) is -6.62. The monoisotopic (exact) mass is 332 g/mol. The molecular weight excluding hydrogens is 321 g/mol. The number of alkyl halides is 3. The molecule has 0 radical (unpaired) electrons. The van der Waals surface area contributed by atoms with Gasteiger partial charge in [-0.15, -0.1) is 0 Å². The van der Waals surface area contributed by atoms with E-state index in [-0.39, 0.29) is 6.42 Å². The molecule has 0 aliphatic heterocycles. The minimum Gasteiger partial charge on any atom is -0.388 e. The molecule has 0 aromatic heterocycles. The first-order valence-corrected chi connectivity index (χ1v) is 6.58. The molecule has 2 rings (SSSR count). The van der Waals surface area contributed by atoms with Gasteiger partial charge in [-0.1, -0.05) is 34.1 Å². The van der Waals surface area contributed by atoms with E-state index in [1.807, 2.05) is 18.2 Å². The Morgan fingerprint density at radius 3 is 2.37 bits per heavy atom. The molecule has 0 heterocycles. The van der Waals surface area contributed by atoms with Crippen molar-refractivity contribution >= 4 is 26.7 Å². The summed E-state index contributed by atoms with van der Waals surface area (Å²) in [5.41, 5.74) is 0.513. The molecule has 0 spiro atoms. The van der Waals surface area contributed by atoms with Crippen LogP contribution in [0.2, 0.25) is 0 Å². The molecule has 1 atom stereocenters. The number of rotatable bonds is 3. The van der Waals surface area contributed by atoms with Gasteiger partial charge in [0.1, 0.15) is 0 Å². The van der Waals surface area contributed by atoms with Crippen molar-refractivity contribution in [3.63, 3.8) is 0 Å². The fraction of sp³-hybridized carbons (Fsp3) is 0.286. The van der Waals surface area contributed by atoms with Crippen molar-refractivity contribution in [2.45, 2.75) is 25.1 Å². The van der Waals surface area contributed by atoms with Crippen LogP contribution in [0.4, 0.5) is 13.2 Å². The van der Waals surface area contributed by atoms with Gasteiger partial charge in [0.25, 0.3) is 0 Å². The maximum atomic E-state index is 12.1. The smallest absolute Gasteiger partial charge is 0.388 e. The Morgan fingerprint density at radius 2 is 1.68 bits per heavy atom. The van der Waals surface area contributed by atoms with E-state index >= 15 is 0 Å². The van der Waals surface area contributed by atoms with Gasteiger partial charge >= 0.3 is 6.18 Å². The van der Waals surface area contributed by atoms with Crippen LogP contribution in [-0.4, -0.2) is 11.3 Å². The second kappa shape index (κ2) is 5.51. The minimum absolute atomic E-state index is 0.314. The molecule has 2 aromatic carbocycles. The van der Waals surface area contributed by atoms with Gasteiger partial charge in [-0.3, -0.25) is 0 Å². The predicted molar refractivity (Wildman–Crippen MR) is 71.9 cm³/mol. The first-order valence-electron chi connectivity index (χ1n) is 5.79. The third-order valence-corrected chi connectivity index (χ3v) is 3.41. The van der Waals surface area contributed by atoms with Crippen LogP contribution < -0.4 is 0 Å². The molecule has 0 aliphatic carbocycles. The molecule has 0 bridgehead atoms. The van der Waals surface area contributed by atoms with Crippen molar-refractivity contribution in [2.75, 3.05) is 0 Å². The molecule has 0 amide bonds. The first kappa shape index (κ1) is 14.3. The molecular formula is C14H12BrF3O. The number of aliphatic hydroxyl groups is 1. The van der Waals surface area contributed by atoms with Crippen LogP contribution in [0.5, 0.6) is 0 Å². The van der Waals surface area contributed by atoms with Gasteiger partial charge in [0.2, 0.25) is 0 Å². The molecule has 5 heteroatoms. The summed E-state index contributed by atoms with van der Waals surface area (Å²) < 4.78 is 37.3. The lowest BCUT2D eigenvalue weighted by Crippen LogP contribution is -2.10. The van der Waals surface area contributed by atoms with E-state index in [1.54, 1.807) is 18.2 Å². The van der Waals surface area contributed by atoms with Gasteiger partial charge in [-0.05, 0) is 41.0 Å². The summed E-state index contributed by atoms with van der Waals surface area (Å²) in [6, 6.07) is 10.8. The highest BCUT2D eigenvalue weighted by Crippen LogP contribution is 2.29. The Morgan fingerprint density at radius 1 is 1.05 bits per heavy atom. The van der Waals surface area contributed by atoms with Crippen molar-refractivity contribution in [3.8, 4) is 0 Å². The molecule has 0 saturated carbocycles. The zero-order valence-electron chi connectivity index (χ0n) is 9.91. The lowest BCUT2D eigenvalue weighted by Gasteiger charge is -2.13. The summed E-state index contributed by atoms with van der Waals surface area (Å²) in [5.74, 6) is 0. The maximum absolute atomic E-state index is 12.1. The fourth-order valence-electron chi connectivity index (χ4n) is 1.91. The Hall–Kier alpha value is -1.07. The van der Waals surface area contributed by atoms with Gasteiger partial charge in [-0.2, -0.15) is 13.2 Å². The molecule has 1 unspecified atom stereocenters. The van der Waals surface area contributed by atoms with Crippen molar-refractivity contribution in [3.05, 3.63) is 46.4 Å². The van der Waals surface area contributed by atoms with Crippen LogP contribution in [0.3, 0.4) is 0 Å². The highest BCUT2D eigenvalue weighted by atomic mass is 79.9. The number of aliphatic hydroxyl groups excluding tert-OH is 1. The molecule has 0 fully saturated rings. The van der Waals surface area contributed by atoms with E-state index in [4.69, 9.17) is 0 Å². The highest BCUT2D eigenvalue weighted by Gasteiger charge is 2.28. The van der Waals surface area contributed by atoms with Crippen LogP contribution in [0.1, 0.15) is 24.5 Å². The summed E-state index contributed by atoms with van der Waals surface area (Å²) in [5, 5.41) is 11.7. The summed E-state index contributed by atoms with van der Waals surface area (Å²) in [7, 11) is 0. The SMILES string of the molecule is OC(CCC(F)(F)F)c1ccc2cc(Br)ccc2c1. The lowest BCUT2D eigenvalue weighted by atomic mass is 10.0. The number of halogens is 4. The van der Waals surface area contributed by atoms with E-state index in [2.05, 4.69) is 15.9 Å². The molecule has 102 valence electrons. The quantitative estimate of drug-likeness (QED) is 0.840. The largest absolute Gasteiger partial charge is 0.389 e. The third-order valence-electron chi connectivity index (χ3n) is 2.91. The van der Waals surface area contributed by atoms with Crippen molar-refractivity contribution in [1.82, 2.24) is 0 Å². The molecule has 1 nitrogen and oxygen atoms in total. The zero-order valence-corrected chi connectivity index (χ0v) is 11.5. The van der Waals surface area contributed by atoms with Crippen LogP contribution >= 0.6 is 15.9 Å². The van der Waals surface area contributed by atoms with Gasteiger partial charge in [0, 0.05) is 10.9 Å². The number of benzene rings is 2. The molecule has 0 saturated heterocycles. The number of fused-ring (bicyclic) bond motifs is 1. The molecule has 19 heavy (non-hydrogen) atoms. The predicted octanol–water partition coefficient (Wildman–Crippen LogP) is 4.98. The Kier molecular flexibility index (Phi) is 4.16. The average molecular weight is 333 g/mol. The van der Waals surface area contributed by atoms with Crippen molar-refractivity contribution < 1.29 is 18.3 Å². The van der Waals surface area contributed by atoms with Crippen LogP contribution in [0, 0.1) is 0 Å². The van der Waals surface area contributed by atoms with Gasteiger partial charge < -0.3 is 5.11 Å². The topological polar surface area (TPSA) is 20.2 Å². The minimum atomic E-state index is -4.23. The second-order valence-corrected chi connectivity index (χ2v) is 5.34. The summed E-state index contributed by atoms with van der Waals surface area (Å²) >= 11 is 3.35. The van der Waals surface area contributed by atoms with Gasteiger partial charge in [-0.25, -0.2) is 0 Å². The van der Waals surface area contributed by atoms with Crippen LogP contribution in [-0.2, 0) is 0 Å². The standard InChI is InChI=1S/C14H12BrF3O/c15-12-4-3-9-7-11(2-1-10(9)8-12)13(19)5-6-14(16,17)18/h1-4,7-8,13,19H,5-6H2. The summed E-state index contributed by atoms with van der Waals surface area (Å²) in [4.78, 5) is 0. The maximum Gasteiger partial charge on any atom is 0.389 e. The Balaban J connectivity index is 2.18. The zero-order chi connectivity index (χ0) is 14.0. The van der Waals surface area contributed by atoms with Crippen molar-refractivity contribution in [1.29, 1.82) is 0 Å². The second-order valence-electron chi connectivity index (χ2n) is 4.42. The normalized spacial score (nSPS) is 13.7. The van der Waals surface area contributed by atoms with E-state index in [0.29, 0.717) is 5.56 Å². The van der Waals surface area contributed by atoms with Gasteiger partial charge in [0.15, 0.2) is 0 Å². The number of hydrogen-bond donors (Lipinski definition) is 1.